The minimum atomic E-state index is -0.0856. The van der Waals surface area contributed by atoms with Crippen LogP contribution in [-0.4, -0.2) is 20.7 Å². The quantitative estimate of drug-likeness (QED) is 0.483. The zero-order valence-corrected chi connectivity index (χ0v) is 17.0. The van der Waals surface area contributed by atoms with Crippen molar-refractivity contribution in [2.45, 2.75) is 33.9 Å². The van der Waals surface area contributed by atoms with Gasteiger partial charge in [-0.15, -0.1) is 0 Å². The van der Waals surface area contributed by atoms with Crippen molar-refractivity contribution in [1.29, 1.82) is 0 Å². The first-order chi connectivity index (χ1) is 13.6. The molecule has 0 fully saturated rings. The first kappa shape index (κ1) is 18.4. The maximum absolute atomic E-state index is 13.5. The monoisotopic (exact) mass is 390 g/mol. The summed E-state index contributed by atoms with van der Waals surface area (Å²) in [7, 11) is 0. The number of aryl methyl sites for hydroxylation is 3. The number of carbonyl (C=O) groups excluding carboxylic acids is 1. The molecule has 0 atom stereocenters. The van der Waals surface area contributed by atoms with E-state index >= 15 is 0 Å². The van der Waals surface area contributed by atoms with Gasteiger partial charge in [0.15, 0.2) is 5.13 Å². The average molecular weight is 391 g/mol. The molecular weight excluding hydrogens is 368 g/mol. The number of hydrogen-bond donors (Lipinski definition) is 0. The predicted octanol–water partition coefficient (Wildman–Crippen LogP) is 4.98. The number of hydrogen-bond acceptors (Lipinski definition) is 4. The van der Waals surface area contributed by atoms with Crippen LogP contribution in [0.2, 0.25) is 0 Å². The summed E-state index contributed by atoms with van der Waals surface area (Å²) in [6, 6.07) is 16.0. The topological polar surface area (TPSA) is 51.0 Å². The first-order valence-electron chi connectivity index (χ1n) is 9.33. The first-order valence-corrected chi connectivity index (χ1v) is 10.1. The Bertz CT molecular complexity index is 1090. The molecule has 2 aromatic carbocycles. The van der Waals surface area contributed by atoms with E-state index in [-0.39, 0.29) is 5.91 Å². The fourth-order valence-electron chi connectivity index (χ4n) is 3.26. The maximum Gasteiger partial charge on any atom is 0.278 e. The van der Waals surface area contributed by atoms with Crippen molar-refractivity contribution in [3.8, 4) is 0 Å². The molecule has 142 valence electrons. The Kier molecular flexibility index (Phi) is 4.96. The Morgan fingerprint density at radius 1 is 1.07 bits per heavy atom. The molecule has 5 nitrogen and oxygen atoms in total. The summed E-state index contributed by atoms with van der Waals surface area (Å²) in [6.07, 6.45) is 1.67. The van der Waals surface area contributed by atoms with Gasteiger partial charge in [0, 0.05) is 12.7 Å². The lowest BCUT2D eigenvalue weighted by Gasteiger charge is -2.20. The van der Waals surface area contributed by atoms with Crippen LogP contribution in [0.25, 0.3) is 10.2 Å². The maximum atomic E-state index is 13.5. The van der Waals surface area contributed by atoms with Gasteiger partial charge in [0.2, 0.25) is 0 Å². The highest BCUT2D eigenvalue weighted by Gasteiger charge is 2.25. The number of carbonyl (C=O) groups is 1. The van der Waals surface area contributed by atoms with E-state index in [9.17, 15) is 4.79 Å². The largest absolute Gasteiger partial charge is 0.278 e. The van der Waals surface area contributed by atoms with Gasteiger partial charge in [0.25, 0.3) is 5.91 Å². The highest BCUT2D eigenvalue weighted by atomic mass is 32.1. The van der Waals surface area contributed by atoms with Crippen LogP contribution < -0.4 is 4.90 Å². The van der Waals surface area contributed by atoms with Gasteiger partial charge in [0.05, 0.1) is 16.8 Å². The smallest absolute Gasteiger partial charge is 0.278 e. The van der Waals surface area contributed by atoms with Crippen molar-refractivity contribution in [3.63, 3.8) is 0 Å². The highest BCUT2D eigenvalue weighted by Crippen LogP contribution is 2.34. The van der Waals surface area contributed by atoms with Crippen molar-refractivity contribution in [2.75, 3.05) is 4.90 Å². The third-order valence-electron chi connectivity index (χ3n) is 4.83. The molecular formula is C22H22N4OS. The zero-order valence-electron chi connectivity index (χ0n) is 16.2. The van der Waals surface area contributed by atoms with Crippen molar-refractivity contribution >= 4 is 32.6 Å². The molecule has 28 heavy (non-hydrogen) atoms. The lowest BCUT2D eigenvalue weighted by molar-refractivity contribution is 0.0975. The van der Waals surface area contributed by atoms with Crippen LogP contribution in [0.15, 0.2) is 54.7 Å². The number of fused-ring (bicyclic) bond motifs is 1. The van der Waals surface area contributed by atoms with Crippen LogP contribution in [0.4, 0.5) is 5.13 Å². The van der Waals surface area contributed by atoms with Gasteiger partial charge >= 0.3 is 0 Å². The lowest BCUT2D eigenvalue weighted by Crippen LogP contribution is -2.32. The fourth-order valence-corrected chi connectivity index (χ4v) is 4.37. The number of nitrogens with zero attached hydrogens (tertiary/aromatic N) is 4. The van der Waals surface area contributed by atoms with Crippen LogP contribution in [0, 0.1) is 13.8 Å². The predicted molar refractivity (Wildman–Crippen MR) is 114 cm³/mol. The Morgan fingerprint density at radius 2 is 1.82 bits per heavy atom. The van der Waals surface area contributed by atoms with Crippen molar-refractivity contribution in [1.82, 2.24) is 14.8 Å². The van der Waals surface area contributed by atoms with E-state index in [2.05, 4.69) is 31.1 Å². The van der Waals surface area contributed by atoms with Gasteiger partial charge in [-0.05, 0) is 43.5 Å². The van der Waals surface area contributed by atoms with E-state index in [0.29, 0.717) is 23.9 Å². The van der Waals surface area contributed by atoms with E-state index < -0.39 is 0 Å². The van der Waals surface area contributed by atoms with Gasteiger partial charge in [-0.1, -0.05) is 53.8 Å². The summed E-state index contributed by atoms with van der Waals surface area (Å²) in [5.74, 6) is -0.0856. The molecule has 6 heteroatoms. The van der Waals surface area contributed by atoms with Crippen molar-refractivity contribution < 1.29 is 4.79 Å². The minimum Gasteiger partial charge on any atom is -0.278 e. The molecule has 4 rings (SSSR count). The van der Waals surface area contributed by atoms with Crippen molar-refractivity contribution in [2.24, 2.45) is 0 Å². The van der Waals surface area contributed by atoms with Crippen LogP contribution in [0.1, 0.15) is 34.1 Å². The molecule has 0 saturated carbocycles. The SMILES string of the molecule is CCn1nccc1C(=O)N(Cc1ccccc1)c1nc2c(C)ccc(C)c2s1. The standard InChI is InChI=1S/C22H22N4OS/c1-4-26-18(12-13-23-26)21(27)25(14-17-8-6-5-7-9-17)22-24-19-15(2)10-11-16(3)20(19)28-22/h5-13H,4,14H2,1-3H3. The Hall–Kier alpha value is -2.99. The number of benzene rings is 2. The number of anilines is 1. The van der Waals surface area contributed by atoms with Gasteiger partial charge < -0.3 is 0 Å². The molecule has 0 aliphatic rings. The number of thiazole rings is 1. The second kappa shape index (κ2) is 7.56. The summed E-state index contributed by atoms with van der Waals surface area (Å²) in [4.78, 5) is 20.1. The van der Waals surface area contributed by atoms with Gasteiger partial charge in [-0.25, -0.2) is 4.98 Å². The third kappa shape index (κ3) is 3.31. The normalized spacial score (nSPS) is 11.1. The molecule has 0 spiro atoms. The molecule has 0 aliphatic carbocycles. The fraction of sp³-hybridized carbons (Fsp3) is 0.227. The van der Waals surface area contributed by atoms with Crippen LogP contribution >= 0.6 is 11.3 Å². The molecule has 2 aromatic heterocycles. The molecule has 0 N–H and O–H groups in total. The minimum absolute atomic E-state index is 0.0856. The Morgan fingerprint density at radius 3 is 2.54 bits per heavy atom. The molecule has 0 bridgehead atoms. The second-order valence-corrected chi connectivity index (χ2v) is 7.76. The molecule has 4 aromatic rings. The highest BCUT2D eigenvalue weighted by molar-refractivity contribution is 7.22. The van der Waals surface area contributed by atoms with E-state index in [1.165, 1.54) is 5.56 Å². The lowest BCUT2D eigenvalue weighted by atomic mass is 10.1. The molecule has 0 aliphatic heterocycles. The molecule has 0 unspecified atom stereocenters. The van der Waals surface area contributed by atoms with Crippen LogP contribution in [0.3, 0.4) is 0 Å². The van der Waals surface area contributed by atoms with Crippen LogP contribution in [0.5, 0.6) is 0 Å². The molecule has 2 heterocycles. The Balaban J connectivity index is 1.82. The number of amides is 1. The molecule has 0 saturated heterocycles. The number of rotatable bonds is 5. The van der Waals surface area contributed by atoms with Crippen molar-refractivity contribution in [3.05, 3.63) is 77.1 Å². The second-order valence-electron chi connectivity index (χ2n) is 6.78. The molecule has 1 amide bonds. The van der Waals surface area contributed by atoms with Gasteiger partial charge in [-0.2, -0.15) is 5.10 Å². The Labute approximate surface area is 168 Å². The van der Waals surface area contributed by atoms with E-state index in [1.54, 1.807) is 33.2 Å². The van der Waals surface area contributed by atoms with Gasteiger partial charge in [-0.3, -0.25) is 14.4 Å². The van der Waals surface area contributed by atoms with E-state index in [4.69, 9.17) is 4.98 Å². The zero-order chi connectivity index (χ0) is 19.7. The van der Waals surface area contributed by atoms with Gasteiger partial charge in [0.1, 0.15) is 5.69 Å². The third-order valence-corrected chi connectivity index (χ3v) is 6.04. The summed E-state index contributed by atoms with van der Waals surface area (Å²) >= 11 is 1.57. The van der Waals surface area contributed by atoms with E-state index in [1.807, 2.05) is 37.3 Å². The summed E-state index contributed by atoms with van der Waals surface area (Å²) in [5.41, 5.74) is 4.90. The summed E-state index contributed by atoms with van der Waals surface area (Å²) < 4.78 is 2.86. The molecule has 0 radical (unpaired) electrons. The van der Waals surface area contributed by atoms with Crippen LogP contribution in [-0.2, 0) is 13.1 Å². The summed E-state index contributed by atoms with van der Waals surface area (Å²) in [5, 5.41) is 4.98. The summed E-state index contributed by atoms with van der Waals surface area (Å²) in [6.45, 7) is 7.23. The average Bonchev–Trinajstić information content (AvgIpc) is 3.37. The van der Waals surface area contributed by atoms with E-state index in [0.717, 1.165) is 21.3 Å². The number of aromatic nitrogens is 3.